The lowest BCUT2D eigenvalue weighted by Crippen LogP contribution is -2.01. The van der Waals surface area contributed by atoms with E-state index in [9.17, 15) is 36.2 Å². The normalized spacial score (nSPS) is 12.6. The Morgan fingerprint density at radius 1 is 0.475 bits per heavy atom. The Morgan fingerprint density at radius 3 is 1.10 bits per heavy atom. The summed E-state index contributed by atoms with van der Waals surface area (Å²) in [5.74, 6) is 0.0723. The van der Waals surface area contributed by atoms with Gasteiger partial charge in [0, 0.05) is 0 Å². The zero-order chi connectivity index (χ0) is 28.9. The molecule has 40 heavy (non-hydrogen) atoms. The maximum atomic E-state index is 12.1. The highest BCUT2D eigenvalue weighted by molar-refractivity contribution is 7.86. The highest BCUT2D eigenvalue weighted by atomic mass is 32.2. The van der Waals surface area contributed by atoms with Crippen molar-refractivity contribution in [2.75, 3.05) is 0 Å². The first kappa shape index (κ1) is 28.3. The summed E-state index contributed by atoms with van der Waals surface area (Å²) in [6.07, 6.45) is 2.48. The van der Waals surface area contributed by atoms with Crippen LogP contribution in [-0.4, -0.2) is 36.2 Å². The fraction of sp³-hybridized carbons (Fsp3) is 0. The Bertz CT molecular complexity index is 1720. The molecule has 0 saturated heterocycles. The summed E-state index contributed by atoms with van der Waals surface area (Å²) >= 11 is 0. The second-order valence-corrected chi connectivity index (χ2v) is 10.9. The van der Waals surface area contributed by atoms with Crippen LogP contribution in [0.2, 0.25) is 0 Å². The number of azo groups is 2. The molecule has 4 aromatic rings. The average molecular weight is 581 g/mol. The molecular formula is C26H20N4O8S2. The Labute approximate surface area is 228 Å². The molecule has 0 unspecified atom stereocenters. The van der Waals surface area contributed by atoms with Gasteiger partial charge >= 0.3 is 0 Å². The van der Waals surface area contributed by atoms with E-state index >= 15 is 0 Å². The third kappa shape index (κ3) is 7.42. The predicted molar refractivity (Wildman–Crippen MR) is 146 cm³/mol. The van der Waals surface area contributed by atoms with E-state index in [4.69, 9.17) is 0 Å². The minimum atomic E-state index is -4.73. The summed E-state index contributed by atoms with van der Waals surface area (Å²) in [7, 11) is -9.45. The zero-order valence-corrected chi connectivity index (χ0v) is 21.9. The largest absolute Gasteiger partial charge is 0.508 e. The third-order valence-corrected chi connectivity index (χ3v) is 7.07. The smallest absolute Gasteiger partial charge is 0.295 e. The number of aromatic hydroxyl groups is 2. The van der Waals surface area contributed by atoms with Crippen molar-refractivity contribution in [3.8, 4) is 11.5 Å². The van der Waals surface area contributed by atoms with E-state index in [-0.39, 0.29) is 34.0 Å². The molecule has 0 saturated carbocycles. The van der Waals surface area contributed by atoms with E-state index in [0.29, 0.717) is 11.4 Å². The van der Waals surface area contributed by atoms with Crippen molar-refractivity contribution in [3.05, 3.63) is 96.1 Å². The lowest BCUT2D eigenvalue weighted by molar-refractivity contribution is 0.475. The molecule has 0 radical (unpaired) electrons. The Hall–Kier alpha value is -4.76. The van der Waals surface area contributed by atoms with E-state index < -0.39 is 30.0 Å². The van der Waals surface area contributed by atoms with Gasteiger partial charge in [-0.25, -0.2) is 0 Å². The molecule has 0 aliphatic heterocycles. The Morgan fingerprint density at radius 2 is 0.775 bits per heavy atom. The average Bonchev–Trinajstić information content (AvgIpc) is 2.90. The minimum absolute atomic E-state index is 0.00321. The van der Waals surface area contributed by atoms with Gasteiger partial charge in [-0.15, -0.1) is 0 Å². The van der Waals surface area contributed by atoms with Gasteiger partial charge in [-0.1, -0.05) is 24.3 Å². The number of phenols is 2. The molecule has 4 aromatic carbocycles. The summed E-state index contributed by atoms with van der Waals surface area (Å²) in [6, 6.07) is 19.2. The standard InChI is InChI=1S/C26H20N4O8S2/c31-23-11-7-19(8-12-23)27-29-21-5-3-17(25(15-21)39(33,34)35)1-2-18-4-6-22(16-26(18)40(36,37)38)30-28-20-9-13-24(32)14-10-20/h1-16,31-32H,(H,33,34,35)(H,36,37,38)/b2-1+,29-27+,30-28+. The van der Waals surface area contributed by atoms with Crippen molar-refractivity contribution in [1.82, 2.24) is 0 Å². The Kier molecular flexibility index (Phi) is 8.16. The van der Waals surface area contributed by atoms with Gasteiger partial charge in [-0.2, -0.15) is 37.3 Å². The number of hydrogen-bond donors (Lipinski definition) is 4. The maximum Gasteiger partial charge on any atom is 0.295 e. The van der Waals surface area contributed by atoms with Crippen molar-refractivity contribution < 1.29 is 36.2 Å². The molecular weight excluding hydrogens is 560 g/mol. The molecule has 12 nitrogen and oxygen atoms in total. The predicted octanol–water partition coefficient (Wildman–Crippen LogP) is 6.59. The van der Waals surface area contributed by atoms with Crippen LogP contribution in [0.25, 0.3) is 12.2 Å². The van der Waals surface area contributed by atoms with Crippen molar-refractivity contribution >= 4 is 55.1 Å². The van der Waals surface area contributed by atoms with Gasteiger partial charge in [0.25, 0.3) is 20.2 Å². The lowest BCUT2D eigenvalue weighted by atomic mass is 10.1. The summed E-state index contributed by atoms with van der Waals surface area (Å²) in [5.41, 5.74) is 0.976. The van der Waals surface area contributed by atoms with Gasteiger partial charge in [-0.05, 0) is 83.9 Å². The first-order chi connectivity index (χ1) is 18.9. The zero-order valence-electron chi connectivity index (χ0n) is 20.3. The number of rotatable bonds is 8. The van der Waals surface area contributed by atoms with Gasteiger partial charge in [0.2, 0.25) is 0 Å². The molecule has 14 heteroatoms. The maximum absolute atomic E-state index is 12.1. The highest BCUT2D eigenvalue weighted by Crippen LogP contribution is 2.29. The van der Waals surface area contributed by atoms with Crippen LogP contribution in [-0.2, 0) is 20.2 Å². The fourth-order valence-corrected chi connectivity index (χ4v) is 4.75. The molecule has 0 heterocycles. The summed E-state index contributed by atoms with van der Waals surface area (Å²) in [4.78, 5) is -1.03. The van der Waals surface area contributed by atoms with Gasteiger partial charge in [-0.3, -0.25) is 9.11 Å². The molecule has 0 amide bonds. The molecule has 4 rings (SSSR count). The van der Waals surface area contributed by atoms with Crippen LogP contribution in [0.1, 0.15) is 11.1 Å². The first-order valence-corrected chi connectivity index (χ1v) is 14.1. The molecule has 0 aliphatic carbocycles. The quantitative estimate of drug-likeness (QED) is 0.101. The molecule has 0 fully saturated rings. The van der Waals surface area contributed by atoms with E-state index in [1.807, 2.05) is 0 Å². The third-order valence-electron chi connectivity index (χ3n) is 5.25. The van der Waals surface area contributed by atoms with Gasteiger partial charge in [0.1, 0.15) is 21.3 Å². The van der Waals surface area contributed by atoms with Crippen molar-refractivity contribution in [1.29, 1.82) is 0 Å². The lowest BCUT2D eigenvalue weighted by Gasteiger charge is -2.06. The van der Waals surface area contributed by atoms with E-state index in [0.717, 1.165) is 12.1 Å². The summed E-state index contributed by atoms with van der Waals surface area (Å²) < 4.78 is 67.7. The SMILES string of the molecule is O=S(=O)(O)c1cc(/N=N/c2ccc(O)cc2)ccc1/C=C/c1ccc(/N=N/c2ccc(O)cc2)cc1S(=O)(=O)O. The number of benzene rings is 4. The number of hydrogen-bond acceptors (Lipinski definition) is 10. The van der Waals surface area contributed by atoms with Crippen molar-refractivity contribution in [2.45, 2.75) is 9.79 Å². The van der Waals surface area contributed by atoms with Crippen LogP contribution in [0.3, 0.4) is 0 Å². The summed E-state index contributed by atoms with van der Waals surface area (Å²) in [5, 5.41) is 34.5. The topological polar surface area (TPSA) is 199 Å². The van der Waals surface area contributed by atoms with E-state index in [2.05, 4.69) is 20.5 Å². The molecule has 0 atom stereocenters. The summed E-state index contributed by atoms with van der Waals surface area (Å²) in [6.45, 7) is 0. The van der Waals surface area contributed by atoms with Crippen LogP contribution in [0.4, 0.5) is 22.7 Å². The number of nitrogens with zero attached hydrogens (tertiary/aromatic N) is 4. The first-order valence-electron chi connectivity index (χ1n) is 11.2. The van der Waals surface area contributed by atoms with Crippen molar-refractivity contribution in [2.24, 2.45) is 20.5 Å². The molecule has 0 aromatic heterocycles. The molecule has 204 valence electrons. The second kappa shape index (κ2) is 11.5. The molecule has 4 N–H and O–H groups in total. The highest BCUT2D eigenvalue weighted by Gasteiger charge is 2.17. The minimum Gasteiger partial charge on any atom is -0.508 e. The van der Waals surface area contributed by atoms with Gasteiger partial charge < -0.3 is 10.2 Å². The second-order valence-electron chi connectivity index (χ2n) is 8.16. The molecule has 0 aliphatic rings. The fourth-order valence-electron chi connectivity index (χ4n) is 3.34. The van der Waals surface area contributed by atoms with Crippen molar-refractivity contribution in [3.63, 3.8) is 0 Å². The van der Waals surface area contributed by atoms with Crippen LogP contribution < -0.4 is 0 Å². The van der Waals surface area contributed by atoms with Crippen LogP contribution in [0.5, 0.6) is 11.5 Å². The number of phenolic OH excluding ortho intramolecular Hbond substituents is 2. The van der Waals surface area contributed by atoms with Gasteiger partial charge in [0.15, 0.2) is 0 Å². The van der Waals surface area contributed by atoms with Crippen LogP contribution in [0, 0.1) is 0 Å². The van der Waals surface area contributed by atoms with E-state index in [1.165, 1.54) is 84.9 Å². The molecule has 0 bridgehead atoms. The Balaban J connectivity index is 1.66. The monoisotopic (exact) mass is 580 g/mol. The van der Waals surface area contributed by atoms with Gasteiger partial charge in [0.05, 0.1) is 22.7 Å². The molecule has 0 spiro atoms. The van der Waals surface area contributed by atoms with Crippen LogP contribution in [0.15, 0.2) is 115 Å². The van der Waals surface area contributed by atoms with Crippen LogP contribution >= 0.6 is 0 Å². The van der Waals surface area contributed by atoms with E-state index in [1.54, 1.807) is 0 Å².